The molecule has 17 nitrogen and oxygen atoms in total. The zero-order chi connectivity index (χ0) is 59.4. The number of aryl methyl sites for hydroxylation is 1. The van der Waals surface area contributed by atoms with Crippen LogP contribution in [0.15, 0.2) is 152 Å². The van der Waals surface area contributed by atoms with Crippen LogP contribution < -0.4 is 33.1 Å². The van der Waals surface area contributed by atoms with Crippen LogP contribution in [0.25, 0.3) is 0 Å². The number of hydrogen-bond acceptors (Lipinski definition) is 15. The van der Waals surface area contributed by atoms with Crippen LogP contribution in [-0.2, 0) is 58.7 Å². The smallest absolute Gasteiger partial charge is 0.321 e. The minimum Gasteiger partial charge on any atom is -0.507 e. The van der Waals surface area contributed by atoms with Crippen LogP contribution in [0.1, 0.15) is 16.7 Å². The SMILES string of the molecule is COC(=O)CN(Cc1ccc(OC)cc1)S(=O)(=O)c1cc(Oc2c(Cl)cc(Br)cc2Cl)ccc1OCc1ccc(OC)cc1.COC(=O)CNS(=O)(=O)c1cc(Oc2c(Cl)cc(Br)cc2Cl)ccc1O.COc1ccc(CCI)cc1. The van der Waals surface area contributed by atoms with Gasteiger partial charge in [0.2, 0.25) is 20.0 Å². The van der Waals surface area contributed by atoms with Crippen molar-refractivity contribution in [2.75, 3.05) is 53.1 Å². The van der Waals surface area contributed by atoms with E-state index in [2.05, 4.69) is 71.3 Å². The van der Waals surface area contributed by atoms with E-state index in [0.29, 0.717) is 26.0 Å². The molecule has 0 saturated heterocycles. The van der Waals surface area contributed by atoms with Gasteiger partial charge in [-0.05, 0) is 108 Å². The number of ether oxygens (including phenoxy) is 8. The Morgan fingerprint density at radius 1 is 0.568 bits per heavy atom. The fourth-order valence-corrected chi connectivity index (χ4v) is 12.5. The number of phenolic OH excluding ortho intramolecular Hbond substituents is 1. The molecule has 7 rings (SSSR count). The largest absolute Gasteiger partial charge is 0.507 e. The van der Waals surface area contributed by atoms with Crippen LogP contribution in [0.5, 0.6) is 51.7 Å². The van der Waals surface area contributed by atoms with E-state index in [1.807, 2.05) is 16.9 Å². The van der Waals surface area contributed by atoms with Crippen LogP contribution in [0.2, 0.25) is 20.1 Å². The van der Waals surface area contributed by atoms with Gasteiger partial charge in [-0.25, -0.2) is 16.8 Å². The van der Waals surface area contributed by atoms with Crippen molar-refractivity contribution in [2.45, 2.75) is 29.4 Å². The molecule has 0 radical (unpaired) electrons. The summed E-state index contributed by atoms with van der Waals surface area (Å²) in [5.41, 5.74) is 2.76. The summed E-state index contributed by atoms with van der Waals surface area (Å²) in [6.45, 7) is -1.24. The molecule has 0 spiro atoms. The third-order valence-corrected chi connectivity index (χ3v) is 16.7. The third kappa shape index (κ3) is 20.0. The Morgan fingerprint density at radius 3 is 1.43 bits per heavy atom. The van der Waals surface area contributed by atoms with Crippen molar-refractivity contribution in [2.24, 2.45) is 0 Å². The minimum atomic E-state index is -4.40. The quantitative estimate of drug-likeness (QED) is 0.0367. The summed E-state index contributed by atoms with van der Waals surface area (Å²) < 4.78 is 101. The van der Waals surface area contributed by atoms with Gasteiger partial charge >= 0.3 is 11.9 Å². The molecule has 0 heterocycles. The van der Waals surface area contributed by atoms with Crippen LogP contribution >= 0.6 is 101 Å². The summed E-state index contributed by atoms with van der Waals surface area (Å²) in [7, 11) is -1.51. The van der Waals surface area contributed by atoms with E-state index < -0.39 is 55.7 Å². The number of alkyl halides is 1. The molecule has 0 unspecified atom stereocenters. The van der Waals surface area contributed by atoms with Gasteiger partial charge in [0.15, 0.2) is 11.5 Å². The van der Waals surface area contributed by atoms with E-state index in [1.54, 1.807) is 87.0 Å². The second-order valence-electron chi connectivity index (χ2n) is 16.4. The van der Waals surface area contributed by atoms with Crippen molar-refractivity contribution in [1.82, 2.24) is 9.03 Å². The number of methoxy groups -OCH3 is 5. The van der Waals surface area contributed by atoms with Gasteiger partial charge in [0, 0.05) is 32.1 Å². The Kier molecular flexibility index (Phi) is 26.3. The molecule has 0 fully saturated rings. The lowest BCUT2D eigenvalue weighted by Gasteiger charge is -2.23. The first-order valence-electron chi connectivity index (χ1n) is 23.4. The molecule has 0 saturated carbocycles. The zero-order valence-electron chi connectivity index (χ0n) is 43.5. The highest BCUT2D eigenvalue weighted by Crippen LogP contribution is 2.42. The van der Waals surface area contributed by atoms with E-state index >= 15 is 0 Å². The Hall–Kier alpha value is -5.25. The topological polar surface area (TPSA) is 212 Å². The molecule has 7 aromatic carbocycles. The number of sulfonamides is 2. The number of benzene rings is 7. The number of aromatic hydroxyl groups is 1. The number of halogens is 7. The minimum absolute atomic E-state index is 0.0331. The van der Waals surface area contributed by atoms with Crippen molar-refractivity contribution in [1.29, 1.82) is 0 Å². The van der Waals surface area contributed by atoms with Crippen molar-refractivity contribution >= 4 is 133 Å². The van der Waals surface area contributed by atoms with E-state index in [-0.39, 0.29) is 66.9 Å². The zero-order valence-corrected chi connectivity index (χ0v) is 53.5. The normalized spacial score (nSPS) is 11.0. The number of carbonyl (C=O) groups excluding carboxylic acids is 2. The lowest BCUT2D eigenvalue weighted by molar-refractivity contribution is -0.141. The number of nitrogens with zero attached hydrogens (tertiary/aromatic N) is 1. The van der Waals surface area contributed by atoms with E-state index in [1.165, 1.54) is 48.5 Å². The summed E-state index contributed by atoms with van der Waals surface area (Å²) >= 11 is 33.8. The van der Waals surface area contributed by atoms with Gasteiger partial charge in [0.1, 0.15) is 69.7 Å². The summed E-state index contributed by atoms with van der Waals surface area (Å²) in [6, 6.07) is 36.3. The second kappa shape index (κ2) is 32.0. The number of carbonyl (C=O) groups is 2. The highest BCUT2D eigenvalue weighted by Gasteiger charge is 2.32. The summed E-state index contributed by atoms with van der Waals surface area (Å²) in [4.78, 5) is 22.8. The maximum atomic E-state index is 14.3. The number of hydrogen-bond donors (Lipinski definition) is 2. The molecular weight excluding hydrogens is 1420 g/mol. The number of esters is 2. The molecule has 432 valence electrons. The number of phenols is 1. The van der Waals surface area contributed by atoms with Gasteiger partial charge < -0.3 is 43.0 Å². The molecule has 0 amide bonds. The van der Waals surface area contributed by atoms with Crippen molar-refractivity contribution in [3.63, 3.8) is 0 Å². The molecule has 0 aliphatic heterocycles. The highest BCUT2D eigenvalue weighted by molar-refractivity contribution is 14.1. The van der Waals surface area contributed by atoms with Crippen LogP contribution in [0.3, 0.4) is 0 Å². The molecule has 2 N–H and O–H groups in total. The van der Waals surface area contributed by atoms with Crippen LogP contribution in [0.4, 0.5) is 0 Å². The summed E-state index contributed by atoms with van der Waals surface area (Å²) in [5.74, 6) is 0.611. The number of rotatable bonds is 22. The predicted octanol–water partition coefficient (Wildman–Crippen LogP) is 13.9. The van der Waals surface area contributed by atoms with Gasteiger partial charge in [-0.3, -0.25) is 9.59 Å². The second-order valence-corrected chi connectivity index (χ2v) is 24.5. The molecule has 7 aromatic rings. The summed E-state index contributed by atoms with van der Waals surface area (Å²) in [6.07, 6.45) is 1.14. The van der Waals surface area contributed by atoms with Gasteiger partial charge in [-0.1, -0.05) is 137 Å². The van der Waals surface area contributed by atoms with Gasteiger partial charge in [-0.2, -0.15) is 9.03 Å². The molecule has 81 heavy (non-hydrogen) atoms. The first-order chi connectivity index (χ1) is 38.5. The molecule has 26 heteroatoms. The predicted molar refractivity (Wildman–Crippen MR) is 326 cm³/mol. The average molecular weight is 1470 g/mol. The fraction of sp³-hybridized carbons (Fsp3) is 0.200. The highest BCUT2D eigenvalue weighted by atomic mass is 127. The standard InChI is InChI=1S/C31H28BrCl2NO8S.C15H12BrCl2NO6S.C9H11IO/c1-39-23-8-4-20(5-9-23)17-35(18-30(36)41-3)44(37,38)29-16-25(43-31-26(33)14-22(32)15-27(31)34)12-13-28(29)42-19-21-6-10-24(40-2)11-7-21;1-24-14(21)7-19-26(22,23)13-6-9(2-3-12(13)20)25-15-10(17)4-8(16)5-11(15)18;1-11-9-4-2-8(3-5-9)6-7-10/h4-16H,17-19H2,1-3H3;2-6,19-20H,7H2,1H3;2-5H,6-7H2,1H3. The number of nitrogens with one attached hydrogen (secondary N) is 1. The van der Waals surface area contributed by atoms with Crippen LogP contribution in [0, 0.1) is 0 Å². The lowest BCUT2D eigenvalue weighted by atomic mass is 10.2. The van der Waals surface area contributed by atoms with Crippen LogP contribution in [-0.4, -0.2) is 91.3 Å². The molecule has 0 aliphatic rings. The van der Waals surface area contributed by atoms with Gasteiger partial charge in [0.25, 0.3) is 0 Å². The fourth-order valence-electron chi connectivity index (χ4n) is 6.73. The molecular formula is C55H51Br2Cl4IN2O15S2. The molecule has 0 aromatic heterocycles. The Bertz CT molecular complexity index is 3450. The van der Waals surface area contributed by atoms with Crippen molar-refractivity contribution < 1.29 is 69.4 Å². The van der Waals surface area contributed by atoms with E-state index in [9.17, 15) is 31.5 Å². The van der Waals surface area contributed by atoms with Crippen molar-refractivity contribution in [3.8, 4) is 51.7 Å². The summed E-state index contributed by atoms with van der Waals surface area (Å²) in [5, 5.41) is 10.7. The average Bonchev–Trinajstić information content (AvgIpc) is 3.49. The Labute approximate surface area is 520 Å². The maximum Gasteiger partial charge on any atom is 0.321 e. The van der Waals surface area contributed by atoms with Crippen molar-refractivity contribution in [3.05, 3.63) is 179 Å². The Morgan fingerprint density at radius 2 is 0.988 bits per heavy atom. The maximum absolute atomic E-state index is 14.3. The van der Waals surface area contributed by atoms with E-state index in [4.69, 9.17) is 79.6 Å². The first-order valence-corrected chi connectivity index (χ1v) is 30.9. The molecule has 0 atom stereocenters. The first kappa shape index (κ1) is 66.5. The lowest BCUT2D eigenvalue weighted by Crippen LogP contribution is -2.36. The Balaban J connectivity index is 0.000000272. The van der Waals surface area contributed by atoms with E-state index in [0.717, 1.165) is 41.3 Å². The molecule has 0 bridgehead atoms. The van der Waals surface area contributed by atoms with Gasteiger partial charge in [-0.15, -0.1) is 0 Å². The molecule has 0 aliphatic carbocycles. The third-order valence-electron chi connectivity index (χ3n) is 10.9. The van der Waals surface area contributed by atoms with Gasteiger partial charge in [0.05, 0.1) is 55.6 Å². The monoisotopic (exact) mass is 1470 g/mol.